The molecule has 0 aromatic heterocycles. The Kier molecular flexibility index (Phi) is 7.33. The molecule has 0 bridgehead atoms. The second-order valence-electron chi connectivity index (χ2n) is 8.45. The summed E-state index contributed by atoms with van der Waals surface area (Å²) in [5.74, 6) is 0.269. The standard InChI is InChI=1S/C25H28N2O4S/c1-25(2,3)27-32(29,30)23-15-8-7-12-21(23)17-26-24(28)20-13-9-14-22(16-20)31-18-19-10-5-4-6-11-19/h4-16,27H,17-18H2,1-3H3,(H,26,28). The van der Waals surface area contributed by atoms with Crippen LogP contribution in [0.2, 0.25) is 0 Å². The summed E-state index contributed by atoms with van der Waals surface area (Å²) in [6, 6.07) is 23.3. The van der Waals surface area contributed by atoms with Crippen molar-refractivity contribution in [1.82, 2.24) is 10.0 Å². The summed E-state index contributed by atoms with van der Waals surface area (Å²) < 4.78 is 34.0. The number of nitrogens with one attached hydrogen (secondary N) is 2. The first kappa shape index (κ1) is 23.5. The largest absolute Gasteiger partial charge is 0.489 e. The summed E-state index contributed by atoms with van der Waals surface area (Å²) in [5, 5.41) is 2.80. The van der Waals surface area contributed by atoms with Crippen molar-refractivity contribution in [2.24, 2.45) is 0 Å². The van der Waals surface area contributed by atoms with Gasteiger partial charge in [0.2, 0.25) is 10.0 Å². The summed E-state index contributed by atoms with van der Waals surface area (Å²) >= 11 is 0. The van der Waals surface area contributed by atoms with Crippen molar-refractivity contribution in [3.8, 4) is 5.75 Å². The van der Waals surface area contributed by atoms with Crippen LogP contribution >= 0.6 is 0 Å². The highest BCUT2D eigenvalue weighted by atomic mass is 32.2. The van der Waals surface area contributed by atoms with Gasteiger partial charge >= 0.3 is 0 Å². The summed E-state index contributed by atoms with van der Waals surface area (Å²) in [5.41, 5.74) is 1.36. The summed E-state index contributed by atoms with van der Waals surface area (Å²) in [7, 11) is -3.72. The number of ether oxygens (including phenoxy) is 1. The van der Waals surface area contributed by atoms with Crippen LogP contribution in [0.15, 0.2) is 83.8 Å². The molecule has 0 aliphatic rings. The number of carbonyl (C=O) groups excluding carboxylic acids is 1. The number of benzene rings is 3. The fourth-order valence-corrected chi connectivity index (χ4v) is 4.77. The fourth-order valence-electron chi connectivity index (χ4n) is 3.12. The van der Waals surface area contributed by atoms with E-state index in [0.717, 1.165) is 5.56 Å². The monoisotopic (exact) mass is 452 g/mol. The van der Waals surface area contributed by atoms with Crippen LogP contribution in [-0.2, 0) is 23.2 Å². The zero-order valence-electron chi connectivity index (χ0n) is 18.5. The lowest BCUT2D eigenvalue weighted by Crippen LogP contribution is -2.41. The summed E-state index contributed by atoms with van der Waals surface area (Å²) in [6.45, 7) is 5.82. The van der Waals surface area contributed by atoms with Crippen molar-refractivity contribution in [1.29, 1.82) is 0 Å². The highest BCUT2D eigenvalue weighted by molar-refractivity contribution is 7.89. The molecule has 0 aliphatic carbocycles. The second-order valence-corrected chi connectivity index (χ2v) is 10.1. The van der Waals surface area contributed by atoms with Gasteiger partial charge in [0.1, 0.15) is 12.4 Å². The molecule has 168 valence electrons. The molecule has 0 fully saturated rings. The lowest BCUT2D eigenvalue weighted by atomic mass is 10.1. The minimum Gasteiger partial charge on any atom is -0.489 e. The van der Waals surface area contributed by atoms with Crippen LogP contribution in [0.5, 0.6) is 5.75 Å². The van der Waals surface area contributed by atoms with Gasteiger partial charge in [-0.2, -0.15) is 0 Å². The maximum absolute atomic E-state index is 12.8. The summed E-state index contributed by atoms with van der Waals surface area (Å²) in [4.78, 5) is 12.9. The van der Waals surface area contributed by atoms with Crippen molar-refractivity contribution >= 4 is 15.9 Å². The molecule has 3 rings (SSSR count). The highest BCUT2D eigenvalue weighted by Crippen LogP contribution is 2.19. The number of hydrogen-bond acceptors (Lipinski definition) is 4. The number of hydrogen-bond donors (Lipinski definition) is 2. The van der Waals surface area contributed by atoms with Gasteiger partial charge in [-0.1, -0.05) is 54.6 Å². The third-order valence-electron chi connectivity index (χ3n) is 4.49. The number of rotatable bonds is 8. The van der Waals surface area contributed by atoms with Crippen LogP contribution in [0.3, 0.4) is 0 Å². The lowest BCUT2D eigenvalue weighted by molar-refractivity contribution is 0.0950. The van der Waals surface area contributed by atoms with E-state index < -0.39 is 15.6 Å². The molecule has 0 aliphatic heterocycles. The Bertz CT molecular complexity index is 1170. The minimum atomic E-state index is -3.72. The van der Waals surface area contributed by atoms with Crippen LogP contribution in [0, 0.1) is 0 Å². The topological polar surface area (TPSA) is 84.5 Å². The van der Waals surface area contributed by atoms with Crippen LogP contribution in [0.4, 0.5) is 0 Å². The first-order valence-corrected chi connectivity index (χ1v) is 11.8. The highest BCUT2D eigenvalue weighted by Gasteiger charge is 2.24. The first-order valence-electron chi connectivity index (χ1n) is 10.3. The van der Waals surface area contributed by atoms with E-state index in [2.05, 4.69) is 10.0 Å². The molecule has 0 spiro atoms. The van der Waals surface area contributed by atoms with E-state index in [1.807, 2.05) is 30.3 Å². The Morgan fingerprint density at radius 1 is 0.906 bits per heavy atom. The molecule has 0 heterocycles. The van der Waals surface area contributed by atoms with Gasteiger partial charge in [-0.3, -0.25) is 4.79 Å². The Labute approximate surface area is 189 Å². The molecular weight excluding hydrogens is 424 g/mol. The molecule has 0 atom stereocenters. The molecular formula is C25H28N2O4S. The van der Waals surface area contributed by atoms with Crippen molar-refractivity contribution in [2.75, 3.05) is 0 Å². The van der Waals surface area contributed by atoms with Gasteiger partial charge in [0.05, 0.1) is 4.90 Å². The lowest BCUT2D eigenvalue weighted by Gasteiger charge is -2.21. The zero-order chi connectivity index (χ0) is 23.2. The van der Waals surface area contributed by atoms with E-state index in [1.54, 1.807) is 63.2 Å². The van der Waals surface area contributed by atoms with Gasteiger partial charge in [0, 0.05) is 17.6 Å². The van der Waals surface area contributed by atoms with E-state index in [-0.39, 0.29) is 17.3 Å². The van der Waals surface area contributed by atoms with Gasteiger partial charge in [-0.15, -0.1) is 0 Å². The molecule has 6 nitrogen and oxygen atoms in total. The molecule has 3 aromatic carbocycles. The van der Waals surface area contributed by atoms with Crippen LogP contribution < -0.4 is 14.8 Å². The van der Waals surface area contributed by atoms with Crippen molar-refractivity contribution < 1.29 is 17.9 Å². The maximum Gasteiger partial charge on any atom is 0.251 e. The molecule has 2 N–H and O–H groups in total. The van der Waals surface area contributed by atoms with Crippen molar-refractivity contribution in [3.63, 3.8) is 0 Å². The first-order chi connectivity index (χ1) is 15.1. The Balaban J connectivity index is 1.68. The molecule has 7 heteroatoms. The normalized spacial score (nSPS) is 11.7. The predicted octanol–water partition coefficient (Wildman–Crippen LogP) is 4.27. The SMILES string of the molecule is CC(C)(C)NS(=O)(=O)c1ccccc1CNC(=O)c1cccc(OCc2ccccc2)c1. The Morgan fingerprint density at radius 2 is 1.59 bits per heavy atom. The molecule has 0 unspecified atom stereocenters. The van der Waals surface area contributed by atoms with Crippen molar-refractivity contribution in [3.05, 3.63) is 95.6 Å². The summed E-state index contributed by atoms with van der Waals surface area (Å²) in [6.07, 6.45) is 0. The molecule has 0 radical (unpaired) electrons. The van der Waals surface area contributed by atoms with E-state index >= 15 is 0 Å². The van der Waals surface area contributed by atoms with E-state index in [1.165, 1.54) is 6.07 Å². The number of sulfonamides is 1. The second kappa shape index (κ2) is 9.97. The molecule has 0 saturated carbocycles. The molecule has 3 aromatic rings. The third kappa shape index (κ3) is 6.67. The zero-order valence-corrected chi connectivity index (χ0v) is 19.3. The van der Waals surface area contributed by atoms with Gasteiger partial charge in [0.15, 0.2) is 0 Å². The van der Waals surface area contributed by atoms with Crippen LogP contribution in [-0.4, -0.2) is 19.9 Å². The molecule has 1 amide bonds. The average molecular weight is 453 g/mol. The van der Waals surface area contributed by atoms with Gasteiger partial charge in [0.25, 0.3) is 5.91 Å². The Hall–Kier alpha value is -3.16. The smallest absolute Gasteiger partial charge is 0.251 e. The molecule has 0 saturated heterocycles. The minimum absolute atomic E-state index is 0.0785. The maximum atomic E-state index is 12.8. The number of amides is 1. The third-order valence-corrected chi connectivity index (χ3v) is 6.35. The number of carbonyl (C=O) groups is 1. The van der Waals surface area contributed by atoms with Crippen LogP contribution in [0.1, 0.15) is 42.3 Å². The average Bonchev–Trinajstić information content (AvgIpc) is 2.75. The van der Waals surface area contributed by atoms with E-state index in [9.17, 15) is 13.2 Å². The van der Waals surface area contributed by atoms with E-state index in [0.29, 0.717) is 23.5 Å². The predicted molar refractivity (Wildman–Crippen MR) is 125 cm³/mol. The fraction of sp³-hybridized carbons (Fsp3) is 0.240. The van der Waals surface area contributed by atoms with Crippen molar-refractivity contribution in [2.45, 2.75) is 44.4 Å². The van der Waals surface area contributed by atoms with Crippen LogP contribution in [0.25, 0.3) is 0 Å². The van der Waals surface area contributed by atoms with Gasteiger partial charge < -0.3 is 10.1 Å². The molecule has 32 heavy (non-hydrogen) atoms. The van der Waals surface area contributed by atoms with Gasteiger partial charge in [-0.25, -0.2) is 13.1 Å². The Morgan fingerprint density at radius 3 is 2.31 bits per heavy atom. The van der Waals surface area contributed by atoms with E-state index in [4.69, 9.17) is 4.74 Å². The quantitative estimate of drug-likeness (QED) is 0.535. The van der Waals surface area contributed by atoms with Gasteiger partial charge in [-0.05, 0) is 56.2 Å².